The zero-order valence-corrected chi connectivity index (χ0v) is 13.1. The maximum absolute atomic E-state index is 12.9. The minimum atomic E-state index is -3.60. The van der Waals surface area contributed by atoms with Gasteiger partial charge in [0.05, 0.1) is 22.8 Å². The SMILES string of the molecule is CN1CCN(S(=O)(=O)c2cccc(Cl)c2)c2ccccc21. The van der Waals surface area contributed by atoms with Crippen LogP contribution < -0.4 is 9.21 Å². The molecule has 110 valence electrons. The Morgan fingerprint density at radius 3 is 2.43 bits per heavy atom. The highest BCUT2D eigenvalue weighted by molar-refractivity contribution is 7.92. The highest BCUT2D eigenvalue weighted by Gasteiger charge is 2.30. The summed E-state index contributed by atoms with van der Waals surface area (Å²) in [5.74, 6) is 0. The summed E-state index contributed by atoms with van der Waals surface area (Å²) in [7, 11) is -1.64. The summed E-state index contributed by atoms with van der Waals surface area (Å²) in [6.07, 6.45) is 0. The normalized spacial score (nSPS) is 15.0. The van der Waals surface area contributed by atoms with Gasteiger partial charge in [-0.05, 0) is 30.3 Å². The second-order valence-electron chi connectivity index (χ2n) is 4.94. The first kappa shape index (κ1) is 14.2. The summed E-state index contributed by atoms with van der Waals surface area (Å²) in [5, 5.41) is 0.415. The van der Waals surface area contributed by atoms with Crippen LogP contribution in [0.2, 0.25) is 5.02 Å². The van der Waals surface area contributed by atoms with Crippen LogP contribution in [0, 0.1) is 0 Å². The molecule has 3 rings (SSSR count). The summed E-state index contributed by atoms with van der Waals surface area (Å²) in [5.41, 5.74) is 1.61. The highest BCUT2D eigenvalue weighted by atomic mass is 35.5. The molecule has 1 aliphatic heterocycles. The Balaban J connectivity index is 2.11. The predicted octanol–water partition coefficient (Wildman–Crippen LogP) is 2.99. The minimum Gasteiger partial charge on any atom is -0.371 e. The summed E-state index contributed by atoms with van der Waals surface area (Å²) in [4.78, 5) is 2.27. The van der Waals surface area contributed by atoms with Crippen LogP contribution >= 0.6 is 11.6 Å². The van der Waals surface area contributed by atoms with E-state index in [0.29, 0.717) is 23.8 Å². The maximum atomic E-state index is 12.9. The number of halogens is 1. The van der Waals surface area contributed by atoms with Crippen LogP contribution in [0.5, 0.6) is 0 Å². The number of hydrogen-bond acceptors (Lipinski definition) is 3. The van der Waals surface area contributed by atoms with Crippen molar-refractivity contribution in [1.29, 1.82) is 0 Å². The quantitative estimate of drug-likeness (QED) is 0.853. The smallest absolute Gasteiger partial charge is 0.264 e. The van der Waals surface area contributed by atoms with E-state index in [4.69, 9.17) is 11.6 Å². The van der Waals surface area contributed by atoms with Crippen molar-refractivity contribution in [3.63, 3.8) is 0 Å². The number of para-hydroxylation sites is 2. The Kier molecular flexibility index (Phi) is 3.55. The zero-order valence-electron chi connectivity index (χ0n) is 11.5. The lowest BCUT2D eigenvalue weighted by Crippen LogP contribution is -2.42. The van der Waals surface area contributed by atoms with Crippen molar-refractivity contribution in [2.75, 3.05) is 29.3 Å². The van der Waals surface area contributed by atoms with Crippen molar-refractivity contribution < 1.29 is 8.42 Å². The van der Waals surface area contributed by atoms with Crippen LogP contribution in [0.1, 0.15) is 0 Å². The van der Waals surface area contributed by atoms with Gasteiger partial charge in [0.15, 0.2) is 0 Å². The molecule has 6 heteroatoms. The van der Waals surface area contributed by atoms with Crippen LogP contribution in [-0.2, 0) is 10.0 Å². The van der Waals surface area contributed by atoms with Crippen molar-refractivity contribution in [3.05, 3.63) is 53.6 Å². The lowest BCUT2D eigenvalue weighted by atomic mass is 10.2. The number of nitrogens with zero attached hydrogens (tertiary/aromatic N) is 2. The first-order valence-electron chi connectivity index (χ1n) is 6.58. The summed E-state index contributed by atoms with van der Waals surface area (Å²) in [6.45, 7) is 1.07. The molecule has 2 aromatic rings. The molecule has 0 N–H and O–H groups in total. The number of likely N-dealkylation sites (N-methyl/N-ethyl adjacent to an activating group) is 1. The number of rotatable bonds is 2. The van der Waals surface area contributed by atoms with Crippen molar-refractivity contribution in [1.82, 2.24) is 0 Å². The zero-order chi connectivity index (χ0) is 15.0. The fourth-order valence-electron chi connectivity index (χ4n) is 2.48. The van der Waals surface area contributed by atoms with Gasteiger partial charge >= 0.3 is 0 Å². The number of benzene rings is 2. The molecule has 0 radical (unpaired) electrons. The largest absolute Gasteiger partial charge is 0.371 e. The van der Waals surface area contributed by atoms with Crippen LogP contribution in [-0.4, -0.2) is 28.6 Å². The van der Waals surface area contributed by atoms with Crippen molar-refractivity contribution >= 4 is 33.0 Å². The van der Waals surface area contributed by atoms with Gasteiger partial charge < -0.3 is 4.90 Å². The monoisotopic (exact) mass is 322 g/mol. The Labute approximate surface area is 129 Å². The van der Waals surface area contributed by atoms with Crippen LogP contribution in [0.25, 0.3) is 0 Å². The van der Waals surface area contributed by atoms with Crippen LogP contribution in [0.3, 0.4) is 0 Å². The van der Waals surface area contributed by atoms with Gasteiger partial charge in [-0.2, -0.15) is 0 Å². The van der Waals surface area contributed by atoms with Gasteiger partial charge in [-0.25, -0.2) is 8.42 Å². The lowest BCUT2D eigenvalue weighted by Gasteiger charge is -2.36. The average Bonchev–Trinajstić information content (AvgIpc) is 2.47. The minimum absolute atomic E-state index is 0.217. The van der Waals surface area contributed by atoms with Crippen LogP contribution in [0.15, 0.2) is 53.4 Å². The molecule has 0 unspecified atom stereocenters. The first-order chi connectivity index (χ1) is 10.00. The van der Waals surface area contributed by atoms with Gasteiger partial charge in [0.25, 0.3) is 10.0 Å². The molecule has 0 atom stereocenters. The number of fused-ring (bicyclic) bond motifs is 1. The maximum Gasteiger partial charge on any atom is 0.264 e. The molecule has 21 heavy (non-hydrogen) atoms. The average molecular weight is 323 g/mol. The van der Waals surface area contributed by atoms with E-state index >= 15 is 0 Å². The molecular formula is C15H15ClN2O2S. The van der Waals surface area contributed by atoms with Gasteiger partial charge in [0.1, 0.15) is 0 Å². The molecule has 0 aromatic heterocycles. The van der Waals surface area contributed by atoms with Crippen LogP contribution in [0.4, 0.5) is 11.4 Å². The molecule has 2 aromatic carbocycles. The second-order valence-corrected chi connectivity index (χ2v) is 7.24. The predicted molar refractivity (Wildman–Crippen MR) is 85.7 cm³/mol. The standard InChI is InChI=1S/C15H15ClN2O2S/c1-17-9-10-18(15-8-3-2-7-14(15)17)21(19,20)13-6-4-5-12(16)11-13/h2-8,11H,9-10H2,1H3. The molecule has 0 bridgehead atoms. The van der Waals surface area contributed by atoms with Gasteiger partial charge in [-0.3, -0.25) is 4.31 Å². The number of hydrogen-bond donors (Lipinski definition) is 0. The van der Waals surface area contributed by atoms with Crippen molar-refractivity contribution in [3.8, 4) is 0 Å². The summed E-state index contributed by atoms with van der Waals surface area (Å²) >= 11 is 5.92. The molecular weight excluding hydrogens is 308 g/mol. The van der Waals surface area contributed by atoms with Crippen molar-refractivity contribution in [2.45, 2.75) is 4.90 Å². The molecule has 4 nitrogen and oxygen atoms in total. The van der Waals surface area contributed by atoms with Crippen molar-refractivity contribution in [2.24, 2.45) is 0 Å². The topological polar surface area (TPSA) is 40.6 Å². The van der Waals surface area contributed by atoms with E-state index in [1.165, 1.54) is 10.4 Å². The number of sulfonamides is 1. The van der Waals surface area contributed by atoms with E-state index in [-0.39, 0.29) is 4.90 Å². The molecule has 0 amide bonds. The van der Waals surface area contributed by atoms with Gasteiger partial charge in [0, 0.05) is 18.6 Å². The third kappa shape index (κ3) is 2.47. The van der Waals surface area contributed by atoms with E-state index in [9.17, 15) is 8.42 Å². The van der Waals surface area contributed by atoms with Gasteiger partial charge in [-0.1, -0.05) is 29.8 Å². The third-order valence-electron chi connectivity index (χ3n) is 3.58. The summed E-state index contributed by atoms with van der Waals surface area (Å²) in [6, 6.07) is 13.9. The molecule has 1 heterocycles. The number of anilines is 2. The highest BCUT2D eigenvalue weighted by Crippen LogP contribution is 2.35. The van der Waals surface area contributed by atoms with E-state index in [1.807, 2.05) is 31.3 Å². The molecule has 1 aliphatic rings. The van der Waals surface area contributed by atoms with E-state index < -0.39 is 10.0 Å². The van der Waals surface area contributed by atoms with Gasteiger partial charge in [0.2, 0.25) is 0 Å². The first-order valence-corrected chi connectivity index (χ1v) is 8.40. The summed E-state index contributed by atoms with van der Waals surface area (Å²) < 4.78 is 27.2. The molecule has 0 aliphatic carbocycles. The Morgan fingerprint density at radius 2 is 1.71 bits per heavy atom. The van der Waals surface area contributed by atoms with Gasteiger partial charge in [-0.15, -0.1) is 0 Å². The third-order valence-corrected chi connectivity index (χ3v) is 5.63. The Bertz CT molecular complexity index is 777. The molecule has 0 fully saturated rings. The molecule has 0 spiro atoms. The van der Waals surface area contributed by atoms with E-state index in [1.54, 1.807) is 18.2 Å². The van der Waals surface area contributed by atoms with E-state index in [2.05, 4.69) is 4.90 Å². The Hall–Kier alpha value is -1.72. The van der Waals surface area contributed by atoms with E-state index in [0.717, 1.165) is 5.69 Å². The Morgan fingerprint density at radius 1 is 1.00 bits per heavy atom. The lowest BCUT2D eigenvalue weighted by molar-refractivity contribution is 0.589. The molecule has 0 saturated heterocycles. The second kappa shape index (κ2) is 5.24. The fraction of sp³-hybridized carbons (Fsp3) is 0.200. The molecule has 0 saturated carbocycles. The fourth-order valence-corrected chi connectivity index (χ4v) is 4.26.